The molecule has 0 fully saturated rings. The maximum Gasteiger partial charge on any atom is 0.341 e. The summed E-state index contributed by atoms with van der Waals surface area (Å²) in [7, 11) is 0. The maximum atomic E-state index is 13.1. The number of halogens is 1. The molecule has 0 spiro atoms. The number of carbonyl (C=O) groups excluding carboxylic acids is 1. The van der Waals surface area contributed by atoms with Gasteiger partial charge >= 0.3 is 5.97 Å². The van der Waals surface area contributed by atoms with Crippen molar-refractivity contribution >= 4 is 28.2 Å². The van der Waals surface area contributed by atoms with Crippen molar-refractivity contribution in [2.24, 2.45) is 0 Å². The molecule has 0 aliphatic heterocycles. The number of hydrogen-bond donors (Lipinski definition) is 1. The first-order valence-corrected chi connectivity index (χ1v) is 7.68. The van der Waals surface area contributed by atoms with Crippen molar-refractivity contribution < 1.29 is 13.9 Å². The number of aryl methyl sites for hydroxylation is 1. The molecule has 0 atom stereocenters. The van der Waals surface area contributed by atoms with Gasteiger partial charge in [-0.2, -0.15) is 0 Å². The average molecular weight is 324 g/mol. The van der Waals surface area contributed by atoms with Crippen molar-refractivity contribution in [1.29, 1.82) is 0 Å². The molecule has 1 N–H and O–H groups in total. The molecule has 24 heavy (non-hydrogen) atoms. The highest BCUT2D eigenvalue weighted by molar-refractivity contribution is 6.06. The summed E-state index contributed by atoms with van der Waals surface area (Å²) in [4.78, 5) is 16.7. The van der Waals surface area contributed by atoms with Crippen LogP contribution in [-0.4, -0.2) is 17.6 Å². The lowest BCUT2D eigenvalue weighted by Crippen LogP contribution is -2.09. The first-order chi connectivity index (χ1) is 11.6. The van der Waals surface area contributed by atoms with Gasteiger partial charge in [0.2, 0.25) is 0 Å². The summed E-state index contributed by atoms with van der Waals surface area (Å²) in [5.74, 6) is -0.764. The molecule has 4 nitrogen and oxygen atoms in total. The molecule has 5 heteroatoms. The number of pyridine rings is 1. The van der Waals surface area contributed by atoms with E-state index in [1.54, 1.807) is 19.1 Å². The Bertz CT molecular complexity index is 892. The van der Waals surface area contributed by atoms with Crippen molar-refractivity contribution in [2.45, 2.75) is 13.8 Å². The molecule has 0 aliphatic carbocycles. The van der Waals surface area contributed by atoms with Gasteiger partial charge in [0.1, 0.15) is 11.4 Å². The SMILES string of the molecule is CCOC(=O)c1cnc2c(C)cccc2c1Nc1ccc(F)cc1. The monoisotopic (exact) mass is 324 g/mol. The van der Waals surface area contributed by atoms with E-state index in [0.29, 0.717) is 16.9 Å². The predicted molar refractivity (Wildman–Crippen MR) is 92.1 cm³/mol. The van der Waals surface area contributed by atoms with Crippen LogP contribution in [-0.2, 0) is 4.74 Å². The summed E-state index contributed by atoms with van der Waals surface area (Å²) >= 11 is 0. The second-order valence-electron chi connectivity index (χ2n) is 5.37. The second kappa shape index (κ2) is 6.66. The molecule has 122 valence electrons. The Hall–Kier alpha value is -2.95. The van der Waals surface area contributed by atoms with Crippen molar-refractivity contribution in [1.82, 2.24) is 4.98 Å². The summed E-state index contributed by atoms with van der Waals surface area (Å²) in [5.41, 5.74) is 3.43. The van der Waals surface area contributed by atoms with Gasteiger partial charge in [0.25, 0.3) is 0 Å². The lowest BCUT2D eigenvalue weighted by atomic mass is 10.1. The Balaban J connectivity index is 2.16. The van der Waals surface area contributed by atoms with Crippen LogP contribution in [0.3, 0.4) is 0 Å². The van der Waals surface area contributed by atoms with Crippen LogP contribution in [0.25, 0.3) is 10.9 Å². The average Bonchev–Trinajstić information content (AvgIpc) is 2.58. The van der Waals surface area contributed by atoms with E-state index in [2.05, 4.69) is 10.3 Å². The van der Waals surface area contributed by atoms with Crippen molar-refractivity contribution in [3.8, 4) is 0 Å². The van der Waals surface area contributed by atoms with Crippen molar-refractivity contribution in [3.63, 3.8) is 0 Å². The number of hydrogen-bond acceptors (Lipinski definition) is 4. The van der Waals surface area contributed by atoms with Gasteiger partial charge in [-0.15, -0.1) is 0 Å². The quantitative estimate of drug-likeness (QED) is 0.712. The zero-order valence-corrected chi connectivity index (χ0v) is 13.5. The zero-order chi connectivity index (χ0) is 17.1. The first-order valence-electron chi connectivity index (χ1n) is 7.68. The standard InChI is InChI=1S/C19H17FN2O2/c1-3-24-19(23)16-11-21-17-12(2)5-4-6-15(17)18(16)22-14-9-7-13(20)8-10-14/h4-11H,3H2,1-2H3,(H,21,22). The van der Waals surface area contributed by atoms with Crippen molar-refractivity contribution in [2.75, 3.05) is 11.9 Å². The molecule has 0 saturated heterocycles. The van der Waals surface area contributed by atoms with E-state index in [9.17, 15) is 9.18 Å². The fourth-order valence-corrected chi connectivity index (χ4v) is 2.55. The minimum Gasteiger partial charge on any atom is -0.462 e. The largest absolute Gasteiger partial charge is 0.462 e. The van der Waals surface area contributed by atoms with Gasteiger partial charge in [-0.1, -0.05) is 18.2 Å². The second-order valence-corrected chi connectivity index (χ2v) is 5.37. The molecule has 1 heterocycles. The van der Waals surface area contributed by atoms with Crippen LogP contribution in [0, 0.1) is 12.7 Å². The van der Waals surface area contributed by atoms with Crippen LogP contribution in [0.1, 0.15) is 22.8 Å². The Labute approximate surface area is 139 Å². The third kappa shape index (κ3) is 3.06. The summed E-state index contributed by atoms with van der Waals surface area (Å²) in [6, 6.07) is 11.7. The smallest absolute Gasteiger partial charge is 0.341 e. The molecule has 0 saturated carbocycles. The third-order valence-electron chi connectivity index (χ3n) is 3.71. The predicted octanol–water partition coefficient (Wildman–Crippen LogP) is 4.60. The number of anilines is 2. The number of fused-ring (bicyclic) bond motifs is 1. The summed E-state index contributed by atoms with van der Waals surface area (Å²) in [6.07, 6.45) is 1.51. The third-order valence-corrected chi connectivity index (χ3v) is 3.71. The van der Waals surface area contributed by atoms with E-state index in [4.69, 9.17) is 4.74 Å². The van der Waals surface area contributed by atoms with Crippen LogP contribution < -0.4 is 5.32 Å². The Morgan fingerprint density at radius 2 is 1.96 bits per heavy atom. The van der Waals surface area contributed by atoms with E-state index in [1.165, 1.54) is 18.3 Å². The summed E-state index contributed by atoms with van der Waals surface area (Å²) < 4.78 is 18.3. The first kappa shape index (κ1) is 15.9. The van der Waals surface area contributed by atoms with E-state index in [1.807, 2.05) is 25.1 Å². The Kier molecular flexibility index (Phi) is 4.42. The summed E-state index contributed by atoms with van der Waals surface area (Å²) in [6.45, 7) is 3.99. The molecule has 2 aromatic carbocycles. The minimum atomic E-state index is -0.446. The molecule has 0 radical (unpaired) electrons. The minimum absolute atomic E-state index is 0.278. The topological polar surface area (TPSA) is 51.2 Å². The zero-order valence-electron chi connectivity index (χ0n) is 13.5. The van der Waals surface area contributed by atoms with Crippen LogP contribution in [0.2, 0.25) is 0 Å². The number of ether oxygens (including phenoxy) is 1. The number of esters is 1. The molecule has 3 rings (SSSR count). The van der Waals surface area contributed by atoms with Gasteiger partial charge in [0, 0.05) is 17.3 Å². The molecule has 0 bridgehead atoms. The fraction of sp³-hybridized carbons (Fsp3) is 0.158. The van der Waals surface area contributed by atoms with Gasteiger partial charge in [-0.05, 0) is 43.7 Å². The van der Waals surface area contributed by atoms with Crippen LogP contribution in [0.15, 0.2) is 48.7 Å². The number of para-hydroxylation sites is 1. The normalized spacial score (nSPS) is 10.6. The van der Waals surface area contributed by atoms with Gasteiger partial charge in [-0.25, -0.2) is 9.18 Å². The summed E-state index contributed by atoms with van der Waals surface area (Å²) in [5, 5.41) is 4.01. The number of carbonyl (C=O) groups is 1. The van der Waals surface area contributed by atoms with Gasteiger partial charge in [0.15, 0.2) is 0 Å². The molecule has 1 aromatic heterocycles. The number of aromatic nitrogens is 1. The van der Waals surface area contributed by atoms with Crippen LogP contribution >= 0.6 is 0 Å². The van der Waals surface area contributed by atoms with E-state index in [-0.39, 0.29) is 12.4 Å². The Morgan fingerprint density at radius 1 is 1.21 bits per heavy atom. The maximum absolute atomic E-state index is 13.1. The molecule has 0 unspecified atom stereocenters. The highest BCUT2D eigenvalue weighted by Crippen LogP contribution is 2.31. The van der Waals surface area contributed by atoms with Gasteiger partial charge in [-0.3, -0.25) is 4.98 Å². The Morgan fingerprint density at radius 3 is 2.67 bits per heavy atom. The fourth-order valence-electron chi connectivity index (χ4n) is 2.55. The highest BCUT2D eigenvalue weighted by atomic mass is 19.1. The highest BCUT2D eigenvalue weighted by Gasteiger charge is 2.17. The number of nitrogens with one attached hydrogen (secondary N) is 1. The number of benzene rings is 2. The number of rotatable bonds is 4. The molecular weight excluding hydrogens is 307 g/mol. The lowest BCUT2D eigenvalue weighted by Gasteiger charge is -2.15. The van der Waals surface area contributed by atoms with Crippen molar-refractivity contribution in [3.05, 3.63) is 65.6 Å². The molecule has 0 amide bonds. The van der Waals surface area contributed by atoms with E-state index >= 15 is 0 Å². The molecular formula is C19H17FN2O2. The van der Waals surface area contributed by atoms with Crippen LogP contribution in [0.4, 0.5) is 15.8 Å². The molecule has 3 aromatic rings. The number of nitrogens with zero attached hydrogens (tertiary/aromatic N) is 1. The van der Waals surface area contributed by atoms with E-state index in [0.717, 1.165) is 16.5 Å². The molecule has 0 aliphatic rings. The van der Waals surface area contributed by atoms with E-state index < -0.39 is 5.97 Å². The van der Waals surface area contributed by atoms with Gasteiger partial charge < -0.3 is 10.1 Å². The van der Waals surface area contributed by atoms with Gasteiger partial charge in [0.05, 0.1) is 17.8 Å². The van der Waals surface area contributed by atoms with Crippen LogP contribution in [0.5, 0.6) is 0 Å². The lowest BCUT2D eigenvalue weighted by molar-refractivity contribution is 0.0527.